The van der Waals surface area contributed by atoms with E-state index in [1.807, 2.05) is 19.0 Å². The molecule has 0 radical (unpaired) electrons. The SMILES string of the molecule is Cc1ncccc1C(=O)NCC(C)(O)CN(C)C. The summed E-state index contributed by atoms with van der Waals surface area (Å²) in [6, 6.07) is 3.44. The molecule has 5 heteroatoms. The van der Waals surface area contributed by atoms with Gasteiger partial charge in [-0.15, -0.1) is 0 Å². The van der Waals surface area contributed by atoms with Crippen LogP contribution in [0.2, 0.25) is 0 Å². The number of nitrogens with zero attached hydrogens (tertiary/aromatic N) is 2. The van der Waals surface area contributed by atoms with Crippen LogP contribution < -0.4 is 5.32 Å². The molecule has 1 heterocycles. The summed E-state index contributed by atoms with van der Waals surface area (Å²) in [4.78, 5) is 17.9. The maximum Gasteiger partial charge on any atom is 0.253 e. The van der Waals surface area contributed by atoms with Crippen LogP contribution in [0.5, 0.6) is 0 Å². The molecule has 0 aromatic carbocycles. The van der Waals surface area contributed by atoms with Crippen LogP contribution in [0.3, 0.4) is 0 Å². The Morgan fingerprint density at radius 2 is 2.22 bits per heavy atom. The zero-order chi connectivity index (χ0) is 13.8. The molecule has 0 bridgehead atoms. The molecular formula is C13H21N3O2. The lowest BCUT2D eigenvalue weighted by atomic mass is 10.1. The summed E-state index contributed by atoms with van der Waals surface area (Å²) in [5.41, 5.74) is 0.273. The number of pyridine rings is 1. The summed E-state index contributed by atoms with van der Waals surface area (Å²) in [6.45, 7) is 4.17. The van der Waals surface area contributed by atoms with Crippen molar-refractivity contribution >= 4 is 5.91 Å². The number of nitrogens with one attached hydrogen (secondary N) is 1. The van der Waals surface area contributed by atoms with Gasteiger partial charge in [-0.3, -0.25) is 9.78 Å². The molecule has 2 N–H and O–H groups in total. The van der Waals surface area contributed by atoms with Crippen molar-refractivity contribution in [2.24, 2.45) is 0 Å². The molecule has 5 nitrogen and oxygen atoms in total. The molecule has 1 atom stereocenters. The van der Waals surface area contributed by atoms with Gasteiger partial charge >= 0.3 is 0 Å². The Balaban J connectivity index is 2.59. The molecular weight excluding hydrogens is 230 g/mol. The Hall–Kier alpha value is -1.46. The van der Waals surface area contributed by atoms with E-state index >= 15 is 0 Å². The highest BCUT2D eigenvalue weighted by Crippen LogP contribution is 2.06. The van der Waals surface area contributed by atoms with Gasteiger partial charge in [0, 0.05) is 25.0 Å². The van der Waals surface area contributed by atoms with Crippen molar-refractivity contribution < 1.29 is 9.90 Å². The van der Waals surface area contributed by atoms with E-state index in [1.54, 1.807) is 32.2 Å². The molecule has 1 aromatic rings. The van der Waals surface area contributed by atoms with Crippen molar-refractivity contribution in [1.29, 1.82) is 0 Å². The topological polar surface area (TPSA) is 65.5 Å². The van der Waals surface area contributed by atoms with Crippen LogP contribution in [-0.2, 0) is 0 Å². The quantitative estimate of drug-likeness (QED) is 0.796. The zero-order valence-corrected chi connectivity index (χ0v) is 11.4. The number of carbonyl (C=O) groups excluding carboxylic acids is 1. The summed E-state index contributed by atoms with van der Waals surface area (Å²) >= 11 is 0. The summed E-state index contributed by atoms with van der Waals surface area (Å²) in [5, 5.41) is 12.8. The van der Waals surface area contributed by atoms with Crippen molar-refractivity contribution in [3.05, 3.63) is 29.6 Å². The monoisotopic (exact) mass is 251 g/mol. The molecule has 1 unspecified atom stereocenters. The van der Waals surface area contributed by atoms with E-state index in [4.69, 9.17) is 0 Å². The molecule has 1 rings (SSSR count). The lowest BCUT2D eigenvalue weighted by Gasteiger charge is -2.27. The maximum atomic E-state index is 11.9. The normalized spacial score (nSPS) is 14.3. The molecule has 0 saturated carbocycles. The van der Waals surface area contributed by atoms with Crippen LogP contribution in [0.15, 0.2) is 18.3 Å². The first-order valence-corrected chi connectivity index (χ1v) is 5.89. The summed E-state index contributed by atoms with van der Waals surface area (Å²) < 4.78 is 0. The maximum absolute atomic E-state index is 11.9. The van der Waals surface area contributed by atoms with Gasteiger partial charge in [-0.2, -0.15) is 0 Å². The zero-order valence-electron chi connectivity index (χ0n) is 11.4. The first-order chi connectivity index (χ1) is 8.32. The number of hydrogen-bond donors (Lipinski definition) is 2. The summed E-state index contributed by atoms with van der Waals surface area (Å²) in [7, 11) is 3.75. The highest BCUT2D eigenvalue weighted by atomic mass is 16.3. The highest BCUT2D eigenvalue weighted by molar-refractivity contribution is 5.95. The first-order valence-electron chi connectivity index (χ1n) is 5.89. The van der Waals surface area contributed by atoms with Crippen LogP contribution in [0.4, 0.5) is 0 Å². The minimum absolute atomic E-state index is 0.207. The first kappa shape index (κ1) is 14.6. The largest absolute Gasteiger partial charge is 0.387 e. The minimum atomic E-state index is -0.949. The standard InChI is InChI=1S/C13H21N3O2/c1-10-11(6-5-7-14-10)12(17)15-8-13(2,18)9-16(3)4/h5-7,18H,8-9H2,1-4H3,(H,15,17). The molecule has 0 saturated heterocycles. The van der Waals surface area contributed by atoms with Gasteiger partial charge in [0.25, 0.3) is 5.91 Å². The fraction of sp³-hybridized carbons (Fsp3) is 0.538. The number of likely N-dealkylation sites (N-methyl/N-ethyl adjacent to an activating group) is 1. The molecule has 0 aliphatic rings. The Morgan fingerprint density at radius 1 is 1.56 bits per heavy atom. The van der Waals surface area contributed by atoms with Crippen LogP contribution in [-0.4, -0.2) is 53.7 Å². The van der Waals surface area contributed by atoms with Crippen molar-refractivity contribution in [1.82, 2.24) is 15.2 Å². The van der Waals surface area contributed by atoms with Crippen LogP contribution >= 0.6 is 0 Å². The average molecular weight is 251 g/mol. The number of aromatic nitrogens is 1. The van der Waals surface area contributed by atoms with Gasteiger partial charge in [-0.1, -0.05) is 0 Å². The van der Waals surface area contributed by atoms with Gasteiger partial charge in [0.05, 0.1) is 11.2 Å². The Labute approximate surface area is 108 Å². The third-order valence-corrected chi connectivity index (χ3v) is 2.54. The smallest absolute Gasteiger partial charge is 0.253 e. The highest BCUT2D eigenvalue weighted by Gasteiger charge is 2.22. The van der Waals surface area contributed by atoms with Crippen LogP contribution in [0.1, 0.15) is 23.0 Å². The van der Waals surface area contributed by atoms with E-state index in [0.717, 1.165) is 0 Å². The predicted octanol–water partition coefficient (Wildman–Crippen LogP) is 0.432. The van der Waals surface area contributed by atoms with Gasteiger partial charge in [0.1, 0.15) is 0 Å². The Kier molecular flexibility index (Phi) is 4.81. The molecule has 1 amide bonds. The second-order valence-corrected chi connectivity index (χ2v) is 5.05. The number of rotatable bonds is 5. The van der Waals surface area contributed by atoms with Crippen LogP contribution in [0, 0.1) is 6.92 Å². The summed E-state index contributed by atoms with van der Waals surface area (Å²) in [6.07, 6.45) is 1.65. The van der Waals surface area contributed by atoms with E-state index in [2.05, 4.69) is 10.3 Å². The number of hydrogen-bond acceptors (Lipinski definition) is 4. The second-order valence-electron chi connectivity index (χ2n) is 5.05. The van der Waals surface area contributed by atoms with Gasteiger partial charge in [0.2, 0.25) is 0 Å². The lowest BCUT2D eigenvalue weighted by Crippen LogP contribution is -2.47. The van der Waals surface area contributed by atoms with Crippen molar-refractivity contribution in [2.75, 3.05) is 27.2 Å². The molecule has 18 heavy (non-hydrogen) atoms. The van der Waals surface area contributed by atoms with E-state index < -0.39 is 5.60 Å². The Bertz CT molecular complexity index is 416. The fourth-order valence-electron chi connectivity index (χ4n) is 1.83. The molecule has 0 spiro atoms. The average Bonchev–Trinajstić information content (AvgIpc) is 2.25. The molecule has 1 aromatic heterocycles. The van der Waals surface area contributed by atoms with Crippen LogP contribution in [0.25, 0.3) is 0 Å². The van der Waals surface area contributed by atoms with E-state index in [9.17, 15) is 9.90 Å². The van der Waals surface area contributed by atoms with Crippen molar-refractivity contribution in [3.63, 3.8) is 0 Å². The van der Waals surface area contributed by atoms with Crippen molar-refractivity contribution in [2.45, 2.75) is 19.4 Å². The van der Waals surface area contributed by atoms with Crippen molar-refractivity contribution in [3.8, 4) is 0 Å². The van der Waals surface area contributed by atoms with Gasteiger partial charge < -0.3 is 15.3 Å². The third kappa shape index (κ3) is 4.43. The van der Waals surface area contributed by atoms with Gasteiger partial charge in [-0.05, 0) is 40.1 Å². The summed E-state index contributed by atoms with van der Waals surface area (Å²) in [5.74, 6) is -0.209. The van der Waals surface area contributed by atoms with Gasteiger partial charge in [-0.25, -0.2) is 0 Å². The lowest BCUT2D eigenvalue weighted by molar-refractivity contribution is 0.0325. The fourth-order valence-corrected chi connectivity index (χ4v) is 1.83. The number of amides is 1. The molecule has 0 aliphatic carbocycles. The predicted molar refractivity (Wildman–Crippen MR) is 70.5 cm³/mol. The minimum Gasteiger partial charge on any atom is -0.387 e. The molecule has 0 aliphatic heterocycles. The molecule has 100 valence electrons. The Morgan fingerprint density at radius 3 is 2.78 bits per heavy atom. The second kappa shape index (κ2) is 5.93. The van der Waals surface area contributed by atoms with Gasteiger partial charge in [0.15, 0.2) is 0 Å². The molecule has 0 fully saturated rings. The number of carbonyl (C=O) groups is 1. The van der Waals surface area contributed by atoms with E-state index in [1.165, 1.54) is 0 Å². The van der Waals surface area contributed by atoms with E-state index in [0.29, 0.717) is 17.8 Å². The number of aliphatic hydroxyl groups is 1. The third-order valence-electron chi connectivity index (χ3n) is 2.54. The number of aryl methyl sites for hydroxylation is 1. The van der Waals surface area contributed by atoms with E-state index in [-0.39, 0.29) is 12.5 Å².